The van der Waals surface area contributed by atoms with E-state index in [1.54, 1.807) is 0 Å². The molecule has 0 bridgehead atoms. The average molecular weight is 326 g/mol. The highest BCUT2D eigenvalue weighted by Gasteiger charge is 2.22. The summed E-state index contributed by atoms with van der Waals surface area (Å²) in [5, 5.41) is 0. The maximum Gasteiger partial charge on any atom is 0.137 e. The smallest absolute Gasteiger partial charge is 0.137 e. The maximum atomic E-state index is 6.26. The van der Waals surface area contributed by atoms with Crippen LogP contribution in [0.5, 0.6) is 5.75 Å². The number of para-hydroxylation sites is 1. The minimum absolute atomic E-state index is 0.373. The number of halogens is 1. The van der Waals surface area contributed by atoms with Crippen molar-refractivity contribution in [1.29, 1.82) is 0 Å². The number of hydrogen-bond donors (Lipinski definition) is 1. The lowest BCUT2D eigenvalue weighted by Crippen LogP contribution is -2.24. The fourth-order valence-electron chi connectivity index (χ4n) is 2.86. The second-order valence-electron chi connectivity index (χ2n) is 5.44. The molecular weight excluding hydrogens is 302 g/mol. The highest BCUT2D eigenvalue weighted by molar-refractivity contribution is 9.10. The van der Waals surface area contributed by atoms with E-state index in [-0.39, 0.29) is 0 Å². The zero-order valence-corrected chi connectivity index (χ0v) is 13.3. The van der Waals surface area contributed by atoms with Crippen molar-refractivity contribution in [3.63, 3.8) is 0 Å². The van der Waals surface area contributed by atoms with Crippen LogP contribution in [-0.2, 0) is 6.42 Å². The van der Waals surface area contributed by atoms with Crippen LogP contribution in [0.15, 0.2) is 22.7 Å². The molecule has 0 spiro atoms. The first kappa shape index (κ1) is 14.9. The van der Waals surface area contributed by atoms with Gasteiger partial charge in [0.25, 0.3) is 0 Å². The predicted octanol–water partition coefficient (Wildman–Crippen LogP) is 4.30. The van der Waals surface area contributed by atoms with Crippen LogP contribution in [0.25, 0.3) is 0 Å². The summed E-state index contributed by atoms with van der Waals surface area (Å²) in [6.45, 7) is 2.95. The van der Waals surface area contributed by atoms with Gasteiger partial charge in [0, 0.05) is 0 Å². The van der Waals surface area contributed by atoms with Crippen molar-refractivity contribution in [2.24, 2.45) is 11.7 Å². The van der Waals surface area contributed by atoms with E-state index in [0.717, 1.165) is 22.6 Å². The molecule has 0 atom stereocenters. The minimum atomic E-state index is 0.373. The Morgan fingerprint density at radius 2 is 2.00 bits per heavy atom. The molecule has 2 nitrogen and oxygen atoms in total. The molecule has 0 radical (unpaired) electrons. The Hall–Kier alpha value is -0.540. The fraction of sp³-hybridized carbons (Fsp3) is 0.625. The Morgan fingerprint density at radius 3 is 2.63 bits per heavy atom. The predicted molar refractivity (Wildman–Crippen MR) is 83.6 cm³/mol. The van der Waals surface area contributed by atoms with E-state index in [1.165, 1.54) is 37.7 Å². The number of benzene rings is 1. The van der Waals surface area contributed by atoms with E-state index >= 15 is 0 Å². The van der Waals surface area contributed by atoms with Gasteiger partial charge in [-0.3, -0.25) is 0 Å². The number of nitrogens with two attached hydrogens (primary N) is 1. The molecular formula is C16H24BrNO. The van der Waals surface area contributed by atoms with Crippen LogP contribution in [0, 0.1) is 5.92 Å². The van der Waals surface area contributed by atoms with Crippen LogP contribution < -0.4 is 10.5 Å². The zero-order valence-electron chi connectivity index (χ0n) is 11.7. The molecule has 19 heavy (non-hydrogen) atoms. The molecule has 0 unspecified atom stereocenters. The SMILES string of the molecule is CCC1CCC(Oc2c(Br)cccc2CCN)CC1. The molecule has 1 aliphatic carbocycles. The van der Waals surface area contributed by atoms with Crippen molar-refractivity contribution in [3.05, 3.63) is 28.2 Å². The molecule has 1 saturated carbocycles. The minimum Gasteiger partial charge on any atom is -0.489 e. The second kappa shape index (κ2) is 7.30. The van der Waals surface area contributed by atoms with Crippen LogP contribution >= 0.6 is 15.9 Å². The number of rotatable bonds is 5. The third-order valence-corrected chi connectivity index (χ3v) is 4.74. The van der Waals surface area contributed by atoms with Gasteiger partial charge in [-0.2, -0.15) is 0 Å². The van der Waals surface area contributed by atoms with Gasteiger partial charge in [0.05, 0.1) is 10.6 Å². The standard InChI is InChI=1S/C16H24BrNO/c1-2-12-6-8-14(9-7-12)19-16-13(10-11-18)4-3-5-15(16)17/h3-5,12,14H,2,6-11,18H2,1H3. The first-order chi connectivity index (χ1) is 9.24. The van der Waals surface area contributed by atoms with Gasteiger partial charge in [-0.25, -0.2) is 0 Å². The van der Waals surface area contributed by atoms with Gasteiger partial charge in [0.2, 0.25) is 0 Å². The van der Waals surface area contributed by atoms with Crippen molar-refractivity contribution in [2.75, 3.05) is 6.54 Å². The second-order valence-corrected chi connectivity index (χ2v) is 6.29. The molecule has 1 aliphatic rings. The molecule has 3 heteroatoms. The van der Waals surface area contributed by atoms with Crippen molar-refractivity contribution in [3.8, 4) is 5.75 Å². The molecule has 2 rings (SSSR count). The summed E-state index contributed by atoms with van der Waals surface area (Å²) >= 11 is 3.60. The first-order valence-corrected chi connectivity index (χ1v) is 8.18. The Kier molecular flexibility index (Phi) is 5.71. The van der Waals surface area contributed by atoms with Gasteiger partial charge in [0.15, 0.2) is 0 Å². The molecule has 1 aromatic carbocycles. The first-order valence-electron chi connectivity index (χ1n) is 7.38. The van der Waals surface area contributed by atoms with Gasteiger partial charge in [0.1, 0.15) is 5.75 Å². The van der Waals surface area contributed by atoms with E-state index < -0.39 is 0 Å². The van der Waals surface area contributed by atoms with Crippen LogP contribution in [0.4, 0.5) is 0 Å². The summed E-state index contributed by atoms with van der Waals surface area (Å²) in [5.74, 6) is 1.91. The molecule has 0 amide bonds. The summed E-state index contributed by atoms with van der Waals surface area (Å²) in [6, 6.07) is 6.22. The Bertz CT molecular complexity index is 400. The topological polar surface area (TPSA) is 35.2 Å². The zero-order chi connectivity index (χ0) is 13.7. The van der Waals surface area contributed by atoms with Gasteiger partial charge < -0.3 is 10.5 Å². The summed E-state index contributed by atoms with van der Waals surface area (Å²) in [5.41, 5.74) is 6.90. The van der Waals surface area contributed by atoms with Crippen LogP contribution in [0.1, 0.15) is 44.6 Å². The lowest BCUT2D eigenvalue weighted by molar-refractivity contribution is 0.128. The summed E-state index contributed by atoms with van der Waals surface area (Å²) in [4.78, 5) is 0. The Labute approximate surface area is 124 Å². The van der Waals surface area contributed by atoms with Crippen molar-refractivity contribution in [2.45, 2.75) is 51.6 Å². The normalized spacial score (nSPS) is 23.3. The molecule has 2 N–H and O–H groups in total. The molecule has 0 aliphatic heterocycles. The van der Waals surface area contributed by atoms with Crippen LogP contribution in [-0.4, -0.2) is 12.6 Å². The van der Waals surface area contributed by atoms with Gasteiger partial charge in [-0.1, -0.05) is 25.5 Å². The van der Waals surface area contributed by atoms with Crippen molar-refractivity contribution < 1.29 is 4.74 Å². The monoisotopic (exact) mass is 325 g/mol. The maximum absolute atomic E-state index is 6.26. The summed E-state index contributed by atoms with van der Waals surface area (Å²) in [6.07, 6.45) is 7.52. The lowest BCUT2D eigenvalue weighted by atomic mass is 9.86. The Morgan fingerprint density at radius 1 is 1.26 bits per heavy atom. The number of hydrogen-bond acceptors (Lipinski definition) is 2. The van der Waals surface area contributed by atoms with E-state index in [1.807, 2.05) is 6.07 Å². The summed E-state index contributed by atoms with van der Waals surface area (Å²) in [7, 11) is 0. The average Bonchev–Trinajstić information content (AvgIpc) is 2.44. The van der Waals surface area contributed by atoms with Crippen LogP contribution in [0.2, 0.25) is 0 Å². The summed E-state index contributed by atoms with van der Waals surface area (Å²) < 4.78 is 7.31. The highest BCUT2D eigenvalue weighted by atomic mass is 79.9. The largest absolute Gasteiger partial charge is 0.489 e. The highest BCUT2D eigenvalue weighted by Crippen LogP contribution is 2.34. The Balaban J connectivity index is 2.02. The fourth-order valence-corrected chi connectivity index (χ4v) is 3.36. The van der Waals surface area contributed by atoms with E-state index in [2.05, 4.69) is 35.0 Å². The molecule has 1 aromatic rings. The van der Waals surface area contributed by atoms with E-state index in [9.17, 15) is 0 Å². The van der Waals surface area contributed by atoms with Crippen molar-refractivity contribution >= 4 is 15.9 Å². The van der Waals surface area contributed by atoms with E-state index in [4.69, 9.17) is 10.5 Å². The van der Waals surface area contributed by atoms with Gasteiger partial charge >= 0.3 is 0 Å². The van der Waals surface area contributed by atoms with Crippen LogP contribution in [0.3, 0.4) is 0 Å². The van der Waals surface area contributed by atoms with Gasteiger partial charge in [-0.15, -0.1) is 0 Å². The molecule has 0 saturated heterocycles. The third-order valence-electron chi connectivity index (χ3n) is 4.12. The molecule has 0 heterocycles. The molecule has 0 aromatic heterocycles. The van der Waals surface area contributed by atoms with E-state index in [0.29, 0.717) is 12.6 Å². The molecule has 106 valence electrons. The lowest BCUT2D eigenvalue weighted by Gasteiger charge is -2.29. The third kappa shape index (κ3) is 3.96. The molecule has 1 fully saturated rings. The quantitative estimate of drug-likeness (QED) is 0.876. The number of ether oxygens (including phenoxy) is 1. The van der Waals surface area contributed by atoms with Crippen molar-refractivity contribution in [1.82, 2.24) is 0 Å². The van der Waals surface area contributed by atoms with Gasteiger partial charge in [-0.05, 0) is 72.1 Å².